The normalized spacial score (nSPS) is 29.9. The number of amides is 1. The Morgan fingerprint density at radius 2 is 1.71 bits per heavy atom. The molecule has 0 bridgehead atoms. The van der Waals surface area contributed by atoms with Crippen molar-refractivity contribution < 1.29 is 4.79 Å². The molecule has 2 aliphatic rings. The van der Waals surface area contributed by atoms with Gasteiger partial charge in [-0.05, 0) is 38.5 Å². The fourth-order valence-corrected chi connectivity index (χ4v) is 3.17. The lowest BCUT2D eigenvalue weighted by Gasteiger charge is -2.31. The maximum atomic E-state index is 12.2. The first-order valence-electron chi connectivity index (χ1n) is 7.21. The number of carbonyl (C=O) groups is 1. The van der Waals surface area contributed by atoms with Gasteiger partial charge < -0.3 is 10.2 Å². The zero-order valence-electron chi connectivity index (χ0n) is 11.2. The average molecular weight is 238 g/mol. The SMILES string of the molecule is CC(C)NC1CCC(C(=O)N2CCCC2)CC1. The van der Waals surface area contributed by atoms with E-state index >= 15 is 0 Å². The van der Waals surface area contributed by atoms with Gasteiger partial charge in [0.05, 0.1) is 0 Å². The fourth-order valence-electron chi connectivity index (χ4n) is 3.17. The molecule has 0 aromatic heterocycles. The van der Waals surface area contributed by atoms with Crippen molar-refractivity contribution in [1.82, 2.24) is 10.2 Å². The zero-order chi connectivity index (χ0) is 12.3. The van der Waals surface area contributed by atoms with Gasteiger partial charge in [-0.3, -0.25) is 4.79 Å². The van der Waals surface area contributed by atoms with Crippen LogP contribution in [0.2, 0.25) is 0 Å². The van der Waals surface area contributed by atoms with E-state index < -0.39 is 0 Å². The third-order valence-electron chi connectivity index (χ3n) is 4.06. The van der Waals surface area contributed by atoms with Gasteiger partial charge in [0.25, 0.3) is 0 Å². The molecule has 0 atom stereocenters. The second kappa shape index (κ2) is 5.85. The standard InChI is InChI=1S/C14H26N2O/c1-11(2)15-13-7-5-12(6-8-13)14(17)16-9-3-4-10-16/h11-13,15H,3-10H2,1-2H3. The summed E-state index contributed by atoms with van der Waals surface area (Å²) >= 11 is 0. The van der Waals surface area contributed by atoms with Crippen LogP contribution in [0.3, 0.4) is 0 Å². The van der Waals surface area contributed by atoms with Gasteiger partial charge in [0.1, 0.15) is 0 Å². The van der Waals surface area contributed by atoms with E-state index in [1.165, 1.54) is 25.7 Å². The van der Waals surface area contributed by atoms with E-state index in [0.29, 0.717) is 23.9 Å². The summed E-state index contributed by atoms with van der Waals surface area (Å²) in [7, 11) is 0. The lowest BCUT2D eigenvalue weighted by Crippen LogP contribution is -2.41. The van der Waals surface area contributed by atoms with E-state index in [9.17, 15) is 4.79 Å². The Bertz CT molecular complexity index is 251. The Kier molecular flexibility index (Phi) is 4.43. The second-order valence-electron chi connectivity index (χ2n) is 5.90. The van der Waals surface area contributed by atoms with Crippen LogP contribution in [0, 0.1) is 5.92 Å². The summed E-state index contributed by atoms with van der Waals surface area (Å²) in [5.41, 5.74) is 0. The third-order valence-corrected chi connectivity index (χ3v) is 4.06. The molecule has 98 valence electrons. The quantitative estimate of drug-likeness (QED) is 0.817. The number of likely N-dealkylation sites (tertiary alicyclic amines) is 1. The second-order valence-corrected chi connectivity index (χ2v) is 5.90. The van der Waals surface area contributed by atoms with Crippen molar-refractivity contribution in [2.45, 2.75) is 64.5 Å². The number of nitrogens with one attached hydrogen (secondary N) is 1. The molecule has 3 nitrogen and oxygen atoms in total. The Morgan fingerprint density at radius 3 is 2.24 bits per heavy atom. The van der Waals surface area contributed by atoms with E-state index in [1.54, 1.807) is 0 Å². The predicted molar refractivity (Wildman–Crippen MR) is 69.8 cm³/mol. The van der Waals surface area contributed by atoms with Gasteiger partial charge >= 0.3 is 0 Å². The van der Waals surface area contributed by atoms with Crippen LogP contribution in [0.15, 0.2) is 0 Å². The van der Waals surface area contributed by atoms with E-state index in [0.717, 1.165) is 25.9 Å². The van der Waals surface area contributed by atoms with Crippen molar-refractivity contribution >= 4 is 5.91 Å². The van der Waals surface area contributed by atoms with Gasteiger partial charge in [0.2, 0.25) is 5.91 Å². The minimum absolute atomic E-state index is 0.318. The molecular weight excluding hydrogens is 212 g/mol. The molecule has 2 fully saturated rings. The maximum absolute atomic E-state index is 12.2. The summed E-state index contributed by atoms with van der Waals surface area (Å²) in [6.07, 6.45) is 6.91. The van der Waals surface area contributed by atoms with Crippen LogP contribution in [0.4, 0.5) is 0 Å². The molecule has 2 rings (SSSR count). The van der Waals surface area contributed by atoms with Crippen molar-refractivity contribution in [1.29, 1.82) is 0 Å². The lowest BCUT2D eigenvalue weighted by atomic mass is 9.85. The highest BCUT2D eigenvalue weighted by Crippen LogP contribution is 2.27. The van der Waals surface area contributed by atoms with Gasteiger partial charge in [-0.1, -0.05) is 13.8 Å². The molecule has 1 N–H and O–H groups in total. The van der Waals surface area contributed by atoms with Crippen LogP contribution in [-0.4, -0.2) is 36.0 Å². The summed E-state index contributed by atoms with van der Waals surface area (Å²) in [6.45, 7) is 6.40. The highest BCUT2D eigenvalue weighted by atomic mass is 16.2. The highest BCUT2D eigenvalue weighted by Gasteiger charge is 2.30. The molecule has 0 aromatic rings. The fraction of sp³-hybridized carbons (Fsp3) is 0.929. The van der Waals surface area contributed by atoms with Crippen molar-refractivity contribution in [2.75, 3.05) is 13.1 Å². The summed E-state index contributed by atoms with van der Waals surface area (Å²) < 4.78 is 0. The van der Waals surface area contributed by atoms with E-state index in [1.807, 2.05) is 0 Å². The van der Waals surface area contributed by atoms with Crippen LogP contribution < -0.4 is 5.32 Å². The minimum atomic E-state index is 0.318. The average Bonchev–Trinajstić information content (AvgIpc) is 2.82. The van der Waals surface area contributed by atoms with Crippen molar-refractivity contribution in [3.8, 4) is 0 Å². The van der Waals surface area contributed by atoms with Gasteiger partial charge in [0.15, 0.2) is 0 Å². The molecule has 1 aliphatic heterocycles. The van der Waals surface area contributed by atoms with E-state index in [2.05, 4.69) is 24.1 Å². The largest absolute Gasteiger partial charge is 0.342 e. The molecule has 0 aromatic carbocycles. The van der Waals surface area contributed by atoms with E-state index in [-0.39, 0.29) is 0 Å². The van der Waals surface area contributed by atoms with Crippen LogP contribution in [0.5, 0.6) is 0 Å². The topological polar surface area (TPSA) is 32.3 Å². The monoisotopic (exact) mass is 238 g/mol. The molecule has 1 amide bonds. The molecule has 17 heavy (non-hydrogen) atoms. The van der Waals surface area contributed by atoms with Gasteiger partial charge in [0, 0.05) is 31.1 Å². The summed E-state index contributed by atoms with van der Waals surface area (Å²) in [5, 5.41) is 3.59. The first-order valence-corrected chi connectivity index (χ1v) is 7.21. The zero-order valence-corrected chi connectivity index (χ0v) is 11.2. The van der Waals surface area contributed by atoms with Crippen molar-refractivity contribution in [2.24, 2.45) is 5.92 Å². The van der Waals surface area contributed by atoms with E-state index in [4.69, 9.17) is 0 Å². The van der Waals surface area contributed by atoms with Crippen LogP contribution in [-0.2, 0) is 4.79 Å². The lowest BCUT2D eigenvalue weighted by molar-refractivity contribution is -0.135. The molecular formula is C14H26N2O. The molecule has 3 heteroatoms. The Hall–Kier alpha value is -0.570. The number of rotatable bonds is 3. The highest BCUT2D eigenvalue weighted by molar-refractivity contribution is 5.79. The number of nitrogens with zero attached hydrogens (tertiary/aromatic N) is 1. The Balaban J connectivity index is 1.76. The molecule has 0 unspecified atom stereocenters. The van der Waals surface area contributed by atoms with Crippen LogP contribution in [0.1, 0.15) is 52.4 Å². The third kappa shape index (κ3) is 3.44. The molecule has 0 spiro atoms. The molecule has 1 heterocycles. The van der Waals surface area contributed by atoms with Crippen molar-refractivity contribution in [3.05, 3.63) is 0 Å². The summed E-state index contributed by atoms with van der Waals surface area (Å²) in [5.74, 6) is 0.754. The van der Waals surface area contributed by atoms with Crippen molar-refractivity contribution in [3.63, 3.8) is 0 Å². The number of carbonyl (C=O) groups excluding carboxylic acids is 1. The Morgan fingerprint density at radius 1 is 1.12 bits per heavy atom. The summed E-state index contributed by atoms with van der Waals surface area (Å²) in [4.78, 5) is 14.3. The van der Waals surface area contributed by atoms with Gasteiger partial charge in [-0.2, -0.15) is 0 Å². The summed E-state index contributed by atoms with van der Waals surface area (Å²) in [6, 6.07) is 1.20. The van der Waals surface area contributed by atoms with Gasteiger partial charge in [-0.25, -0.2) is 0 Å². The van der Waals surface area contributed by atoms with Crippen LogP contribution in [0.25, 0.3) is 0 Å². The molecule has 1 saturated heterocycles. The smallest absolute Gasteiger partial charge is 0.225 e. The molecule has 1 saturated carbocycles. The maximum Gasteiger partial charge on any atom is 0.225 e. The minimum Gasteiger partial charge on any atom is -0.342 e. The number of hydrogen-bond acceptors (Lipinski definition) is 2. The van der Waals surface area contributed by atoms with Crippen LogP contribution >= 0.6 is 0 Å². The van der Waals surface area contributed by atoms with Gasteiger partial charge in [-0.15, -0.1) is 0 Å². The Labute approximate surface area is 105 Å². The first kappa shape index (κ1) is 12.9. The number of hydrogen-bond donors (Lipinski definition) is 1. The first-order chi connectivity index (χ1) is 8.16. The predicted octanol–water partition coefficient (Wildman–Crippen LogP) is 2.17. The molecule has 1 aliphatic carbocycles. The molecule has 0 radical (unpaired) electrons.